The van der Waals surface area contributed by atoms with Gasteiger partial charge in [0.1, 0.15) is 0 Å². The third kappa shape index (κ3) is 2.94. The standard InChI is InChI=1S/C25H36N2/c1-17(2)22-6-5-7-23(18(3)4)24(22)26-8-9-27(16-26)25-13-19-10-20(14-25)12-21(11-19)15-25/h5-7,17-21H,8-15H2,1-4H3. The van der Waals surface area contributed by atoms with E-state index in [9.17, 15) is 0 Å². The van der Waals surface area contributed by atoms with Crippen LogP contribution in [-0.4, -0.2) is 23.5 Å². The highest BCUT2D eigenvalue weighted by molar-refractivity contribution is 5.63. The number of anilines is 1. The Balaban J connectivity index is 1.43. The van der Waals surface area contributed by atoms with E-state index in [1.165, 1.54) is 55.3 Å². The third-order valence-electron chi connectivity index (χ3n) is 7.98. The first-order valence-electron chi connectivity index (χ1n) is 11.4. The lowest BCUT2D eigenvalue weighted by Crippen LogP contribution is -2.58. The molecule has 0 unspecified atom stereocenters. The molecule has 27 heavy (non-hydrogen) atoms. The predicted octanol–water partition coefficient (Wildman–Crippen LogP) is 6.02. The van der Waals surface area contributed by atoms with Crippen LogP contribution in [0.3, 0.4) is 0 Å². The van der Waals surface area contributed by atoms with E-state index in [4.69, 9.17) is 0 Å². The van der Waals surface area contributed by atoms with E-state index in [1.54, 1.807) is 0 Å². The number of hydrogen-bond donors (Lipinski definition) is 0. The maximum Gasteiger partial charge on any atom is 0.178 e. The first kappa shape index (κ1) is 18.0. The number of nitrogens with zero attached hydrogens (tertiary/aromatic N) is 2. The molecule has 2 nitrogen and oxygen atoms in total. The van der Waals surface area contributed by atoms with E-state index in [-0.39, 0.29) is 0 Å². The molecule has 0 spiro atoms. The van der Waals surface area contributed by atoms with Gasteiger partial charge in [-0.15, -0.1) is 0 Å². The molecular formula is C25H36N2. The van der Waals surface area contributed by atoms with Crippen molar-refractivity contribution in [1.82, 2.24) is 4.90 Å². The Morgan fingerprint density at radius 2 is 1.37 bits per heavy atom. The van der Waals surface area contributed by atoms with Crippen LogP contribution in [0.1, 0.15) is 89.2 Å². The van der Waals surface area contributed by atoms with E-state index in [0.29, 0.717) is 17.4 Å². The molecule has 6 rings (SSSR count). The average Bonchev–Trinajstić information content (AvgIpc) is 3.10. The van der Waals surface area contributed by atoms with E-state index >= 15 is 0 Å². The molecule has 0 atom stereocenters. The third-order valence-corrected chi connectivity index (χ3v) is 7.98. The highest BCUT2D eigenvalue weighted by Gasteiger charge is 2.54. The summed E-state index contributed by atoms with van der Waals surface area (Å²) < 4.78 is 0. The second-order valence-electron chi connectivity index (χ2n) is 10.6. The highest BCUT2D eigenvalue weighted by Crippen LogP contribution is 2.58. The van der Waals surface area contributed by atoms with Crippen molar-refractivity contribution in [2.75, 3.05) is 18.0 Å². The van der Waals surface area contributed by atoms with Crippen LogP contribution in [0.5, 0.6) is 0 Å². The van der Waals surface area contributed by atoms with Gasteiger partial charge in [-0.2, -0.15) is 0 Å². The summed E-state index contributed by atoms with van der Waals surface area (Å²) in [5, 5.41) is 0. The van der Waals surface area contributed by atoms with Crippen LogP contribution < -0.4 is 4.90 Å². The average molecular weight is 365 g/mol. The molecule has 1 heterocycles. The van der Waals surface area contributed by atoms with Gasteiger partial charge >= 0.3 is 0 Å². The van der Waals surface area contributed by atoms with Gasteiger partial charge < -0.3 is 4.90 Å². The van der Waals surface area contributed by atoms with Gasteiger partial charge in [-0.05, 0) is 79.2 Å². The van der Waals surface area contributed by atoms with Crippen molar-refractivity contribution in [1.29, 1.82) is 0 Å². The normalized spacial score (nSPS) is 35.8. The van der Waals surface area contributed by atoms with Crippen molar-refractivity contribution in [3.63, 3.8) is 0 Å². The summed E-state index contributed by atoms with van der Waals surface area (Å²) in [6.07, 6.45) is 8.85. The Hall–Kier alpha value is -1.02. The predicted molar refractivity (Wildman–Crippen MR) is 113 cm³/mol. The van der Waals surface area contributed by atoms with E-state index in [2.05, 4.69) is 62.4 Å². The Labute approximate surface area is 166 Å². The van der Waals surface area contributed by atoms with Crippen LogP contribution >= 0.6 is 0 Å². The van der Waals surface area contributed by atoms with Gasteiger partial charge in [0, 0.05) is 24.3 Å². The second kappa shape index (κ2) is 6.51. The summed E-state index contributed by atoms with van der Waals surface area (Å²) in [7, 11) is 0. The zero-order valence-corrected chi connectivity index (χ0v) is 17.7. The Kier molecular flexibility index (Phi) is 4.35. The maximum atomic E-state index is 3.92. The first-order valence-corrected chi connectivity index (χ1v) is 11.4. The van der Waals surface area contributed by atoms with Crippen LogP contribution in [0.2, 0.25) is 0 Å². The van der Waals surface area contributed by atoms with Crippen molar-refractivity contribution in [2.45, 2.75) is 83.6 Å². The minimum atomic E-state index is 0.439. The number of rotatable bonds is 4. The first-order chi connectivity index (χ1) is 12.9. The zero-order valence-electron chi connectivity index (χ0n) is 17.7. The van der Waals surface area contributed by atoms with Crippen molar-refractivity contribution in [3.05, 3.63) is 36.0 Å². The summed E-state index contributed by atoms with van der Waals surface area (Å²) in [6.45, 7) is 15.5. The largest absolute Gasteiger partial charge is 0.345 e. The molecule has 1 aromatic rings. The number of para-hydroxylation sites is 1. The lowest BCUT2D eigenvalue weighted by atomic mass is 9.52. The van der Waals surface area contributed by atoms with E-state index in [0.717, 1.165) is 30.8 Å². The zero-order chi connectivity index (χ0) is 18.8. The molecule has 4 aliphatic carbocycles. The van der Waals surface area contributed by atoms with Crippen LogP contribution in [0, 0.1) is 24.4 Å². The minimum absolute atomic E-state index is 0.439. The molecule has 1 aromatic carbocycles. The molecule has 4 bridgehead atoms. The van der Waals surface area contributed by atoms with Gasteiger partial charge in [-0.25, -0.2) is 0 Å². The fourth-order valence-electron chi connectivity index (χ4n) is 7.17. The quantitative estimate of drug-likeness (QED) is 0.644. The van der Waals surface area contributed by atoms with Gasteiger partial charge in [0.15, 0.2) is 6.67 Å². The van der Waals surface area contributed by atoms with Crippen LogP contribution in [0.15, 0.2) is 18.2 Å². The molecular weight excluding hydrogens is 328 g/mol. The van der Waals surface area contributed by atoms with Crippen molar-refractivity contribution < 1.29 is 0 Å². The van der Waals surface area contributed by atoms with Crippen LogP contribution in [0.25, 0.3) is 0 Å². The van der Waals surface area contributed by atoms with Gasteiger partial charge in [-0.1, -0.05) is 45.9 Å². The monoisotopic (exact) mass is 364 g/mol. The van der Waals surface area contributed by atoms with E-state index in [1.807, 2.05) is 0 Å². The smallest absolute Gasteiger partial charge is 0.178 e. The topological polar surface area (TPSA) is 6.48 Å². The fraction of sp³-hybridized carbons (Fsp3) is 0.720. The molecule has 5 fully saturated rings. The lowest BCUT2D eigenvalue weighted by molar-refractivity contribution is -0.0712. The molecule has 0 amide bonds. The molecule has 0 N–H and O–H groups in total. The molecule has 1 aliphatic heterocycles. The molecule has 0 aromatic heterocycles. The SMILES string of the molecule is CC(C)c1cccc(C(C)C)c1N1[C]N(C23CC4CC(CC(C4)C2)C3)CC1. The van der Waals surface area contributed by atoms with Crippen LogP contribution in [0.4, 0.5) is 5.69 Å². The lowest BCUT2D eigenvalue weighted by Gasteiger charge is -2.59. The summed E-state index contributed by atoms with van der Waals surface area (Å²) in [6, 6.07) is 6.92. The summed E-state index contributed by atoms with van der Waals surface area (Å²) in [5.41, 5.74) is 4.87. The summed E-state index contributed by atoms with van der Waals surface area (Å²) in [4.78, 5) is 5.17. The molecule has 5 aliphatic rings. The molecule has 2 radical (unpaired) electrons. The van der Waals surface area contributed by atoms with Gasteiger partial charge in [0.2, 0.25) is 0 Å². The van der Waals surface area contributed by atoms with Gasteiger partial charge in [0.05, 0.1) is 0 Å². The number of benzene rings is 1. The minimum Gasteiger partial charge on any atom is -0.345 e. The van der Waals surface area contributed by atoms with Gasteiger partial charge in [-0.3, -0.25) is 4.90 Å². The van der Waals surface area contributed by atoms with Crippen molar-refractivity contribution in [3.8, 4) is 0 Å². The number of hydrogen-bond acceptors (Lipinski definition) is 2. The highest BCUT2D eigenvalue weighted by atomic mass is 15.4. The Morgan fingerprint density at radius 1 is 0.852 bits per heavy atom. The van der Waals surface area contributed by atoms with E-state index < -0.39 is 0 Å². The summed E-state index contributed by atoms with van der Waals surface area (Å²) in [5.74, 6) is 4.10. The maximum absolute atomic E-state index is 3.92. The van der Waals surface area contributed by atoms with Gasteiger partial charge in [0.25, 0.3) is 0 Å². The Morgan fingerprint density at radius 3 is 1.85 bits per heavy atom. The van der Waals surface area contributed by atoms with Crippen LogP contribution in [-0.2, 0) is 0 Å². The molecule has 4 saturated carbocycles. The second-order valence-corrected chi connectivity index (χ2v) is 10.6. The molecule has 2 heteroatoms. The molecule has 146 valence electrons. The van der Waals surface area contributed by atoms with Crippen molar-refractivity contribution in [2.24, 2.45) is 17.8 Å². The van der Waals surface area contributed by atoms with Crippen molar-refractivity contribution >= 4 is 5.69 Å². The Bertz CT molecular complexity index is 643. The summed E-state index contributed by atoms with van der Waals surface area (Å²) >= 11 is 0. The molecule has 1 saturated heterocycles. The fourth-order valence-corrected chi connectivity index (χ4v) is 7.17.